The molecule has 2 aliphatic heterocycles. The van der Waals surface area contributed by atoms with Crippen LogP contribution in [0.1, 0.15) is 57.4 Å². The SMILES string of the molecule is CC1CC2CCC1N2C(=O)C(NS(=O)(=O)c1ccc2cc(OC3CCCC3)ccc2c1)C(F)(F)c1ccc(-c2ccc(Cl)cc2)cc1. The Morgan fingerprint density at radius 2 is 1.53 bits per heavy atom. The maximum absolute atomic E-state index is 16.6. The highest BCUT2D eigenvalue weighted by molar-refractivity contribution is 7.89. The summed E-state index contributed by atoms with van der Waals surface area (Å²) < 4.78 is 69.1. The molecule has 0 aromatic heterocycles. The average Bonchev–Trinajstić information content (AvgIpc) is 3.80. The normalized spacial score (nSPS) is 22.2. The van der Waals surface area contributed by atoms with Gasteiger partial charge < -0.3 is 9.64 Å². The lowest BCUT2D eigenvalue weighted by Gasteiger charge is -2.33. The van der Waals surface area contributed by atoms with Crippen molar-refractivity contribution in [1.82, 2.24) is 9.62 Å². The Kier molecular flexibility index (Phi) is 8.51. The molecule has 4 unspecified atom stereocenters. The summed E-state index contributed by atoms with van der Waals surface area (Å²) in [5, 5.41) is 1.94. The van der Waals surface area contributed by atoms with Crippen LogP contribution in [0.5, 0.6) is 5.75 Å². The first-order valence-electron chi connectivity index (χ1n) is 16.3. The highest BCUT2D eigenvalue weighted by Crippen LogP contribution is 2.44. The van der Waals surface area contributed by atoms with Crippen LogP contribution in [0.4, 0.5) is 8.78 Å². The molecule has 10 heteroatoms. The van der Waals surface area contributed by atoms with Crippen LogP contribution >= 0.6 is 11.6 Å². The summed E-state index contributed by atoms with van der Waals surface area (Å²) in [4.78, 5) is 15.4. The zero-order valence-corrected chi connectivity index (χ0v) is 27.6. The second-order valence-electron chi connectivity index (χ2n) is 13.2. The number of ether oxygens (including phenoxy) is 1. The molecule has 246 valence electrons. The molecule has 3 aliphatic rings. The summed E-state index contributed by atoms with van der Waals surface area (Å²) in [6.07, 6.45) is 6.63. The van der Waals surface area contributed by atoms with Gasteiger partial charge >= 0.3 is 0 Å². The Balaban J connectivity index is 1.20. The van der Waals surface area contributed by atoms with Gasteiger partial charge in [0.25, 0.3) is 5.92 Å². The van der Waals surface area contributed by atoms with Crippen molar-refractivity contribution in [3.8, 4) is 16.9 Å². The fourth-order valence-corrected chi connectivity index (χ4v) is 8.97. The van der Waals surface area contributed by atoms with E-state index in [0.717, 1.165) is 49.5 Å². The van der Waals surface area contributed by atoms with Gasteiger partial charge in [0.05, 0.1) is 11.0 Å². The Bertz CT molecular complexity index is 1900. The molecular formula is C37H37ClF2N2O4S. The smallest absolute Gasteiger partial charge is 0.298 e. The van der Waals surface area contributed by atoms with Gasteiger partial charge in [0.15, 0.2) is 6.04 Å². The van der Waals surface area contributed by atoms with Crippen molar-refractivity contribution in [2.45, 2.75) is 86.9 Å². The zero-order chi connectivity index (χ0) is 32.9. The summed E-state index contributed by atoms with van der Waals surface area (Å²) in [5.74, 6) is -3.88. The molecule has 1 aliphatic carbocycles. The highest BCUT2D eigenvalue weighted by atomic mass is 35.5. The summed E-state index contributed by atoms with van der Waals surface area (Å²) >= 11 is 6.00. The predicted molar refractivity (Wildman–Crippen MR) is 179 cm³/mol. The number of halogens is 3. The molecule has 3 fully saturated rings. The minimum Gasteiger partial charge on any atom is -0.490 e. The number of nitrogens with one attached hydrogen (secondary N) is 1. The van der Waals surface area contributed by atoms with Crippen LogP contribution in [0.2, 0.25) is 5.02 Å². The highest BCUT2D eigenvalue weighted by Gasteiger charge is 2.55. The molecule has 4 aromatic carbocycles. The minimum atomic E-state index is -4.55. The maximum atomic E-state index is 16.6. The standard InChI is InChI=1S/C37H37ClF2N2O4S/c1-23-20-30-16-19-34(23)42(30)36(43)35(37(39,40)28-12-6-24(7-13-28)25-8-14-29(38)15-9-25)41-47(44,45)33-18-11-26-21-32(17-10-27(26)22-33)46-31-4-2-3-5-31/h6-15,17-18,21-23,30-31,34-35,41H,2-5,16,19-20H2,1H3. The molecule has 0 radical (unpaired) electrons. The number of carbonyl (C=O) groups is 1. The van der Waals surface area contributed by atoms with Gasteiger partial charge in [0.2, 0.25) is 15.9 Å². The molecule has 6 nitrogen and oxygen atoms in total. The number of fused-ring (bicyclic) bond motifs is 3. The molecule has 2 heterocycles. The largest absolute Gasteiger partial charge is 0.490 e. The summed E-state index contributed by atoms with van der Waals surface area (Å²) in [6, 6.07) is 19.8. The van der Waals surface area contributed by atoms with Crippen molar-refractivity contribution in [3.05, 3.63) is 95.5 Å². The number of rotatable bonds is 9. The second-order valence-corrected chi connectivity index (χ2v) is 15.4. The Morgan fingerprint density at radius 1 is 0.894 bits per heavy atom. The minimum absolute atomic E-state index is 0.158. The number of hydrogen-bond acceptors (Lipinski definition) is 4. The van der Waals surface area contributed by atoms with Gasteiger partial charge in [0, 0.05) is 22.7 Å². The van der Waals surface area contributed by atoms with E-state index in [4.69, 9.17) is 16.3 Å². The first kappa shape index (κ1) is 32.0. The van der Waals surface area contributed by atoms with E-state index in [0.29, 0.717) is 28.1 Å². The molecule has 2 saturated heterocycles. The van der Waals surface area contributed by atoms with E-state index in [1.54, 1.807) is 42.5 Å². The Morgan fingerprint density at radius 3 is 2.17 bits per heavy atom. The van der Waals surface area contributed by atoms with Crippen LogP contribution in [-0.2, 0) is 20.7 Å². The van der Waals surface area contributed by atoms with Crippen LogP contribution in [0.3, 0.4) is 0 Å². The van der Waals surface area contributed by atoms with Crippen molar-refractivity contribution in [2.75, 3.05) is 0 Å². The number of benzene rings is 4. The fourth-order valence-electron chi connectivity index (χ4n) is 7.62. The van der Waals surface area contributed by atoms with E-state index < -0.39 is 33.5 Å². The number of carbonyl (C=O) groups excluding carboxylic acids is 1. The monoisotopic (exact) mass is 678 g/mol. The first-order chi connectivity index (χ1) is 22.5. The Labute approximate surface area is 279 Å². The number of hydrogen-bond donors (Lipinski definition) is 1. The maximum Gasteiger partial charge on any atom is 0.298 e. The molecule has 4 aromatic rings. The molecule has 47 heavy (non-hydrogen) atoms. The van der Waals surface area contributed by atoms with Gasteiger partial charge in [-0.2, -0.15) is 13.5 Å². The quantitative estimate of drug-likeness (QED) is 0.193. The van der Waals surface area contributed by atoms with E-state index >= 15 is 8.78 Å². The third-order valence-corrected chi connectivity index (χ3v) is 11.8. The lowest BCUT2D eigenvalue weighted by Crippen LogP contribution is -2.57. The van der Waals surface area contributed by atoms with Crippen molar-refractivity contribution in [2.24, 2.45) is 5.92 Å². The molecule has 1 N–H and O–H groups in total. The summed E-state index contributed by atoms with van der Waals surface area (Å²) in [6.45, 7) is 2.01. The van der Waals surface area contributed by atoms with Gasteiger partial charge in [0.1, 0.15) is 5.75 Å². The second kappa shape index (κ2) is 12.5. The topological polar surface area (TPSA) is 75.7 Å². The van der Waals surface area contributed by atoms with E-state index in [1.807, 2.05) is 13.0 Å². The lowest BCUT2D eigenvalue weighted by atomic mass is 9.91. The zero-order valence-electron chi connectivity index (χ0n) is 26.0. The third-order valence-electron chi connectivity index (χ3n) is 10.1. The number of nitrogens with zero attached hydrogens (tertiary/aromatic N) is 1. The molecule has 0 spiro atoms. The van der Waals surface area contributed by atoms with Crippen molar-refractivity contribution >= 4 is 38.3 Å². The van der Waals surface area contributed by atoms with E-state index in [-0.39, 0.29) is 29.0 Å². The molecule has 2 bridgehead atoms. The number of sulfonamides is 1. The Hall–Kier alpha value is -3.53. The van der Waals surface area contributed by atoms with Crippen LogP contribution in [0.15, 0.2) is 89.8 Å². The molecule has 4 atom stereocenters. The fraction of sp³-hybridized carbons (Fsp3) is 0.378. The predicted octanol–water partition coefficient (Wildman–Crippen LogP) is 8.32. The van der Waals surface area contributed by atoms with Crippen LogP contribution in [0, 0.1) is 5.92 Å². The molecule has 1 amide bonds. The van der Waals surface area contributed by atoms with Gasteiger partial charge in [-0.05, 0) is 109 Å². The number of alkyl halides is 2. The summed E-state index contributed by atoms with van der Waals surface area (Å²) in [7, 11) is -4.55. The van der Waals surface area contributed by atoms with Crippen molar-refractivity contribution in [3.63, 3.8) is 0 Å². The van der Waals surface area contributed by atoms with Gasteiger partial charge in [-0.3, -0.25) is 4.79 Å². The van der Waals surface area contributed by atoms with Gasteiger partial charge in [-0.15, -0.1) is 0 Å². The summed E-state index contributed by atoms with van der Waals surface area (Å²) in [5.41, 5.74) is 1.02. The van der Waals surface area contributed by atoms with E-state index in [2.05, 4.69) is 4.72 Å². The van der Waals surface area contributed by atoms with Gasteiger partial charge in [-0.1, -0.05) is 67.1 Å². The lowest BCUT2D eigenvalue weighted by molar-refractivity contribution is -0.145. The van der Waals surface area contributed by atoms with E-state index in [9.17, 15) is 13.2 Å². The van der Waals surface area contributed by atoms with Crippen molar-refractivity contribution in [1.29, 1.82) is 0 Å². The average molecular weight is 679 g/mol. The third kappa shape index (κ3) is 6.25. The van der Waals surface area contributed by atoms with Gasteiger partial charge in [-0.25, -0.2) is 8.42 Å². The van der Waals surface area contributed by atoms with E-state index in [1.165, 1.54) is 41.3 Å². The van der Waals surface area contributed by atoms with Crippen LogP contribution in [-0.4, -0.2) is 43.5 Å². The van der Waals surface area contributed by atoms with Crippen LogP contribution in [0.25, 0.3) is 21.9 Å². The molecule has 7 rings (SSSR count). The first-order valence-corrected chi connectivity index (χ1v) is 18.1. The van der Waals surface area contributed by atoms with Crippen molar-refractivity contribution < 1.29 is 26.7 Å². The van der Waals surface area contributed by atoms with Crippen LogP contribution < -0.4 is 9.46 Å². The molecule has 1 saturated carbocycles. The molecular weight excluding hydrogens is 642 g/mol. The number of amides is 1.